The molecule has 3 N–H and O–H groups in total. The van der Waals surface area contributed by atoms with Crippen molar-refractivity contribution in [2.75, 3.05) is 0 Å². The normalized spacial score (nSPS) is 10.2. The SMILES string of the molecule is Cc1nc(CNC(=O)NCc2ccsc2)sc1C(=O)O. The van der Waals surface area contributed by atoms with E-state index in [2.05, 4.69) is 15.6 Å². The third-order valence-electron chi connectivity index (χ3n) is 2.47. The second-order valence-corrected chi connectivity index (χ2v) is 5.86. The van der Waals surface area contributed by atoms with Crippen LogP contribution in [0.3, 0.4) is 0 Å². The minimum absolute atomic E-state index is 0.209. The van der Waals surface area contributed by atoms with Crippen LogP contribution in [0, 0.1) is 6.92 Å². The summed E-state index contributed by atoms with van der Waals surface area (Å²) in [5, 5.41) is 18.8. The first kappa shape index (κ1) is 14.5. The van der Waals surface area contributed by atoms with Gasteiger partial charge < -0.3 is 15.7 Å². The summed E-state index contributed by atoms with van der Waals surface area (Å²) in [6.45, 7) is 2.32. The molecule has 0 aliphatic heterocycles. The quantitative estimate of drug-likeness (QED) is 0.789. The summed E-state index contributed by atoms with van der Waals surface area (Å²) in [4.78, 5) is 26.8. The maximum atomic E-state index is 11.6. The molecule has 106 valence electrons. The number of urea groups is 1. The molecule has 2 amide bonds. The number of carbonyl (C=O) groups is 2. The van der Waals surface area contributed by atoms with Crippen LogP contribution in [0.5, 0.6) is 0 Å². The lowest BCUT2D eigenvalue weighted by Crippen LogP contribution is -2.34. The van der Waals surface area contributed by atoms with Crippen LogP contribution >= 0.6 is 22.7 Å². The minimum Gasteiger partial charge on any atom is -0.477 e. The van der Waals surface area contributed by atoms with E-state index in [9.17, 15) is 9.59 Å². The van der Waals surface area contributed by atoms with E-state index >= 15 is 0 Å². The molecule has 0 aliphatic carbocycles. The summed E-state index contributed by atoms with van der Waals surface area (Å²) in [5.41, 5.74) is 1.52. The Labute approximate surface area is 123 Å². The first-order valence-electron chi connectivity index (χ1n) is 5.78. The largest absolute Gasteiger partial charge is 0.477 e. The predicted octanol–water partition coefficient (Wildman–Crippen LogP) is 2.21. The molecule has 0 unspecified atom stereocenters. The van der Waals surface area contributed by atoms with Crippen molar-refractivity contribution in [3.8, 4) is 0 Å². The van der Waals surface area contributed by atoms with E-state index in [0.717, 1.165) is 16.9 Å². The number of hydrogen-bond acceptors (Lipinski definition) is 5. The molecule has 8 heteroatoms. The standard InChI is InChI=1S/C12H13N3O3S2/c1-7-10(11(16)17)20-9(15-7)5-14-12(18)13-4-8-2-3-19-6-8/h2-3,6H,4-5H2,1H3,(H,16,17)(H2,13,14,18). The third kappa shape index (κ3) is 3.78. The monoisotopic (exact) mass is 311 g/mol. The molecule has 20 heavy (non-hydrogen) atoms. The highest BCUT2D eigenvalue weighted by Crippen LogP contribution is 2.17. The maximum Gasteiger partial charge on any atom is 0.347 e. The molecule has 0 saturated carbocycles. The Hall–Kier alpha value is -1.93. The van der Waals surface area contributed by atoms with Gasteiger partial charge in [0.2, 0.25) is 0 Å². The zero-order chi connectivity index (χ0) is 14.5. The average molecular weight is 311 g/mol. The number of nitrogens with zero attached hydrogens (tertiary/aromatic N) is 1. The number of aromatic carboxylic acids is 1. The molecule has 0 fully saturated rings. The maximum absolute atomic E-state index is 11.6. The summed E-state index contributed by atoms with van der Waals surface area (Å²) >= 11 is 2.65. The number of aryl methyl sites for hydroxylation is 1. The Morgan fingerprint density at radius 2 is 2.10 bits per heavy atom. The van der Waals surface area contributed by atoms with Gasteiger partial charge >= 0.3 is 12.0 Å². The molecule has 2 heterocycles. The Kier molecular flexibility index (Phi) is 4.70. The third-order valence-corrected chi connectivity index (χ3v) is 4.35. The molecule has 2 aromatic heterocycles. The summed E-state index contributed by atoms with van der Waals surface area (Å²) in [5.74, 6) is -0.992. The van der Waals surface area contributed by atoms with Crippen molar-refractivity contribution in [2.24, 2.45) is 0 Å². The van der Waals surface area contributed by atoms with Crippen molar-refractivity contribution < 1.29 is 14.7 Å². The number of carboxylic acids is 1. The first-order valence-corrected chi connectivity index (χ1v) is 7.54. The van der Waals surface area contributed by atoms with Gasteiger partial charge in [-0.25, -0.2) is 14.6 Å². The minimum atomic E-state index is -0.992. The van der Waals surface area contributed by atoms with Crippen LogP contribution in [-0.4, -0.2) is 22.1 Å². The number of carboxylic acid groups (broad SMARTS) is 1. The van der Waals surface area contributed by atoms with E-state index in [1.807, 2.05) is 16.8 Å². The fourth-order valence-corrected chi connectivity index (χ4v) is 3.03. The zero-order valence-corrected chi connectivity index (χ0v) is 12.3. The zero-order valence-electron chi connectivity index (χ0n) is 10.7. The molecule has 0 aliphatic rings. The van der Waals surface area contributed by atoms with Crippen molar-refractivity contribution in [1.82, 2.24) is 15.6 Å². The molecule has 2 aromatic rings. The Morgan fingerprint density at radius 1 is 1.35 bits per heavy atom. The Bertz CT molecular complexity index is 608. The number of rotatable bonds is 5. The van der Waals surface area contributed by atoms with Crippen LogP contribution in [0.1, 0.15) is 25.9 Å². The molecule has 6 nitrogen and oxygen atoms in total. The Balaban J connectivity index is 1.81. The topological polar surface area (TPSA) is 91.3 Å². The number of nitrogens with one attached hydrogen (secondary N) is 2. The summed E-state index contributed by atoms with van der Waals surface area (Å²) in [6.07, 6.45) is 0. The molecule has 0 atom stereocenters. The molecule has 0 radical (unpaired) electrons. The van der Waals surface area contributed by atoms with E-state index in [1.165, 1.54) is 0 Å². The first-order chi connectivity index (χ1) is 9.56. The number of amides is 2. The lowest BCUT2D eigenvalue weighted by molar-refractivity contribution is 0.0701. The molecular weight excluding hydrogens is 298 g/mol. The smallest absolute Gasteiger partial charge is 0.347 e. The summed E-state index contributed by atoms with van der Waals surface area (Å²) in [6, 6.07) is 1.63. The van der Waals surface area contributed by atoms with Crippen LogP contribution in [-0.2, 0) is 13.1 Å². The van der Waals surface area contributed by atoms with Gasteiger partial charge in [-0.1, -0.05) is 0 Å². The number of thiophene rings is 1. The number of carbonyl (C=O) groups excluding carboxylic acids is 1. The van der Waals surface area contributed by atoms with Crippen LogP contribution in [0.4, 0.5) is 4.79 Å². The molecule has 2 rings (SSSR count). The van der Waals surface area contributed by atoms with Crippen LogP contribution in [0.2, 0.25) is 0 Å². The van der Waals surface area contributed by atoms with E-state index in [0.29, 0.717) is 17.2 Å². The van der Waals surface area contributed by atoms with Crippen molar-refractivity contribution in [3.05, 3.63) is 38.0 Å². The van der Waals surface area contributed by atoms with E-state index in [4.69, 9.17) is 5.11 Å². The van der Waals surface area contributed by atoms with Crippen LogP contribution < -0.4 is 10.6 Å². The van der Waals surface area contributed by atoms with Gasteiger partial charge in [-0.2, -0.15) is 11.3 Å². The summed E-state index contributed by atoms with van der Waals surface area (Å²) < 4.78 is 0. The highest BCUT2D eigenvalue weighted by atomic mass is 32.1. The summed E-state index contributed by atoms with van der Waals surface area (Å²) in [7, 11) is 0. The van der Waals surface area contributed by atoms with Gasteiger partial charge in [-0.05, 0) is 29.3 Å². The molecule has 0 saturated heterocycles. The van der Waals surface area contributed by atoms with Crippen LogP contribution in [0.15, 0.2) is 16.8 Å². The van der Waals surface area contributed by atoms with Crippen molar-refractivity contribution in [1.29, 1.82) is 0 Å². The molecular formula is C12H13N3O3S2. The van der Waals surface area contributed by atoms with Gasteiger partial charge in [0.05, 0.1) is 12.2 Å². The second-order valence-electron chi connectivity index (χ2n) is 4.00. The Morgan fingerprint density at radius 3 is 2.70 bits per heavy atom. The lowest BCUT2D eigenvalue weighted by Gasteiger charge is -2.04. The second kappa shape index (κ2) is 6.49. The number of aromatic nitrogens is 1. The van der Waals surface area contributed by atoms with Gasteiger partial charge in [0.1, 0.15) is 9.88 Å². The molecule has 0 spiro atoms. The van der Waals surface area contributed by atoms with Crippen molar-refractivity contribution in [3.63, 3.8) is 0 Å². The highest BCUT2D eigenvalue weighted by Gasteiger charge is 2.14. The highest BCUT2D eigenvalue weighted by molar-refractivity contribution is 7.13. The molecule has 0 bridgehead atoms. The number of hydrogen-bond donors (Lipinski definition) is 3. The van der Waals surface area contributed by atoms with E-state index in [-0.39, 0.29) is 17.5 Å². The number of thiazole rings is 1. The van der Waals surface area contributed by atoms with Gasteiger partial charge in [-0.15, -0.1) is 11.3 Å². The lowest BCUT2D eigenvalue weighted by atomic mass is 10.3. The molecule has 0 aromatic carbocycles. The average Bonchev–Trinajstić information content (AvgIpc) is 3.03. The van der Waals surface area contributed by atoms with Gasteiger partial charge in [0, 0.05) is 6.54 Å². The van der Waals surface area contributed by atoms with Crippen LogP contribution in [0.25, 0.3) is 0 Å². The predicted molar refractivity (Wildman–Crippen MR) is 77.2 cm³/mol. The van der Waals surface area contributed by atoms with E-state index < -0.39 is 5.97 Å². The van der Waals surface area contributed by atoms with Crippen molar-refractivity contribution in [2.45, 2.75) is 20.0 Å². The van der Waals surface area contributed by atoms with E-state index in [1.54, 1.807) is 18.3 Å². The van der Waals surface area contributed by atoms with Gasteiger partial charge in [0.25, 0.3) is 0 Å². The van der Waals surface area contributed by atoms with Gasteiger partial charge in [-0.3, -0.25) is 0 Å². The van der Waals surface area contributed by atoms with Crippen molar-refractivity contribution >= 4 is 34.7 Å². The fourth-order valence-electron chi connectivity index (χ4n) is 1.52. The fraction of sp³-hybridized carbons (Fsp3) is 0.250. The van der Waals surface area contributed by atoms with Gasteiger partial charge in [0.15, 0.2) is 0 Å².